The van der Waals surface area contributed by atoms with Gasteiger partial charge in [-0.1, -0.05) is 0 Å². The first kappa shape index (κ1) is 21.3. The van der Waals surface area contributed by atoms with E-state index in [4.69, 9.17) is 15.2 Å². The average molecular weight is 419 g/mol. The minimum absolute atomic E-state index is 0.0633. The molecule has 0 atom stereocenters. The maximum atomic E-state index is 12.5. The zero-order valence-electron chi connectivity index (χ0n) is 16.6. The van der Waals surface area contributed by atoms with Crippen LogP contribution in [0, 0.1) is 20.8 Å². The van der Waals surface area contributed by atoms with E-state index >= 15 is 0 Å². The van der Waals surface area contributed by atoms with Gasteiger partial charge in [-0.15, -0.1) is 0 Å². The monoisotopic (exact) mass is 419 g/mol. The van der Waals surface area contributed by atoms with Gasteiger partial charge < -0.3 is 15.2 Å². The summed E-state index contributed by atoms with van der Waals surface area (Å²) in [6.07, 6.45) is 0.267. The summed E-state index contributed by atoms with van der Waals surface area (Å²) in [6, 6.07) is 3.57. The number of hydrogen-bond acceptors (Lipinski definition) is 7. The number of nitrogens with two attached hydrogens (primary N) is 1. The van der Waals surface area contributed by atoms with E-state index in [1.54, 1.807) is 45.3 Å². The molecule has 0 aromatic carbocycles. The molecule has 0 bridgehead atoms. The number of aryl methyl sites for hydroxylation is 2. The fourth-order valence-corrected chi connectivity index (χ4v) is 2.83. The quantitative estimate of drug-likeness (QED) is 0.646. The molecular formula is C20H20F3N5O2. The van der Waals surface area contributed by atoms with Crippen LogP contribution in [0.3, 0.4) is 0 Å². The number of anilines is 1. The second-order valence-electron chi connectivity index (χ2n) is 6.62. The van der Waals surface area contributed by atoms with Crippen molar-refractivity contribution in [3.05, 3.63) is 53.2 Å². The molecule has 10 heteroatoms. The van der Waals surface area contributed by atoms with E-state index in [9.17, 15) is 13.2 Å². The van der Waals surface area contributed by atoms with Gasteiger partial charge in [0.1, 0.15) is 12.4 Å². The molecule has 3 rings (SSSR count). The largest absolute Gasteiger partial charge is 0.483 e. The highest BCUT2D eigenvalue weighted by atomic mass is 19.4. The van der Waals surface area contributed by atoms with Crippen molar-refractivity contribution in [1.29, 1.82) is 0 Å². The zero-order valence-corrected chi connectivity index (χ0v) is 16.6. The number of nitrogen functional groups attached to an aromatic ring is 1. The molecule has 0 fully saturated rings. The van der Waals surface area contributed by atoms with Crippen molar-refractivity contribution in [2.24, 2.45) is 0 Å². The van der Waals surface area contributed by atoms with Gasteiger partial charge in [0, 0.05) is 35.3 Å². The first-order chi connectivity index (χ1) is 14.2. The Labute approximate surface area is 171 Å². The van der Waals surface area contributed by atoms with E-state index in [-0.39, 0.29) is 24.1 Å². The third-order valence-corrected chi connectivity index (χ3v) is 4.29. The van der Waals surface area contributed by atoms with Crippen LogP contribution < -0.4 is 15.2 Å². The van der Waals surface area contributed by atoms with Gasteiger partial charge in [0.05, 0.1) is 17.1 Å². The molecule has 0 amide bonds. The maximum absolute atomic E-state index is 12.5. The summed E-state index contributed by atoms with van der Waals surface area (Å²) in [4.78, 5) is 16.9. The lowest BCUT2D eigenvalue weighted by Crippen LogP contribution is -2.20. The summed E-state index contributed by atoms with van der Waals surface area (Å²) >= 11 is 0. The number of halogens is 3. The smallest absolute Gasteiger partial charge is 0.422 e. The van der Waals surface area contributed by atoms with Gasteiger partial charge >= 0.3 is 6.18 Å². The van der Waals surface area contributed by atoms with Crippen LogP contribution in [0.25, 0.3) is 11.3 Å². The van der Waals surface area contributed by atoms with Gasteiger partial charge in [-0.3, -0.25) is 9.97 Å². The molecule has 0 radical (unpaired) electrons. The second-order valence-corrected chi connectivity index (χ2v) is 6.62. The molecule has 30 heavy (non-hydrogen) atoms. The molecule has 3 aromatic rings. The summed E-state index contributed by atoms with van der Waals surface area (Å²) in [5.74, 6) is 0.330. The van der Waals surface area contributed by atoms with Crippen LogP contribution in [0.2, 0.25) is 0 Å². The lowest BCUT2D eigenvalue weighted by molar-refractivity contribution is -0.153. The van der Waals surface area contributed by atoms with Gasteiger partial charge in [0.2, 0.25) is 0 Å². The van der Waals surface area contributed by atoms with Gasteiger partial charge in [-0.05, 0) is 32.9 Å². The molecule has 2 N–H and O–H groups in total. The number of ether oxygens (including phenoxy) is 2. The van der Waals surface area contributed by atoms with Gasteiger partial charge in [-0.25, -0.2) is 9.97 Å². The van der Waals surface area contributed by atoms with Crippen LogP contribution in [0.1, 0.15) is 22.5 Å². The molecule has 0 aliphatic heterocycles. The first-order valence-electron chi connectivity index (χ1n) is 8.97. The van der Waals surface area contributed by atoms with E-state index in [0.717, 1.165) is 5.56 Å². The molecule has 0 unspecified atom stereocenters. The normalized spacial score (nSPS) is 11.4. The molecule has 0 spiro atoms. The Kier molecular flexibility index (Phi) is 6.04. The second kappa shape index (κ2) is 8.52. The van der Waals surface area contributed by atoms with Crippen LogP contribution in [-0.4, -0.2) is 32.7 Å². The number of pyridine rings is 2. The Hall–Kier alpha value is -3.43. The standard InChI is InChI=1S/C20H20F3N5O2/c1-11-8-26-15(12(2)17(11)30-10-20(21,22)23)9-29-19-18(24)27-13(3)16(28-19)14-4-6-25-7-5-14/h4-8H,9-10H2,1-3H3,(H2,24,27). The summed E-state index contributed by atoms with van der Waals surface area (Å²) in [6.45, 7) is 3.58. The molecule has 0 aliphatic rings. The number of rotatable bonds is 6. The van der Waals surface area contributed by atoms with Gasteiger partial charge in [0.15, 0.2) is 12.4 Å². The Balaban J connectivity index is 1.84. The van der Waals surface area contributed by atoms with Crippen molar-refractivity contribution in [2.75, 3.05) is 12.3 Å². The predicted molar refractivity (Wildman–Crippen MR) is 104 cm³/mol. The third-order valence-electron chi connectivity index (χ3n) is 4.29. The third kappa shape index (κ3) is 4.94. The fraction of sp³-hybridized carbons (Fsp3) is 0.300. The lowest BCUT2D eigenvalue weighted by atomic mass is 10.1. The molecule has 3 heterocycles. The van der Waals surface area contributed by atoms with E-state index in [0.29, 0.717) is 28.2 Å². The molecule has 0 aliphatic carbocycles. The SMILES string of the molecule is Cc1cnc(COc2nc(-c3ccncc3)c(C)nc2N)c(C)c1OCC(F)(F)F. The van der Waals surface area contributed by atoms with Gasteiger partial charge in [0.25, 0.3) is 5.88 Å². The Morgan fingerprint density at radius 2 is 1.73 bits per heavy atom. The van der Waals surface area contributed by atoms with Crippen LogP contribution in [0.4, 0.5) is 19.0 Å². The minimum atomic E-state index is -4.44. The number of nitrogens with zero attached hydrogens (tertiary/aromatic N) is 4. The Morgan fingerprint density at radius 3 is 2.40 bits per heavy atom. The van der Waals surface area contributed by atoms with Crippen LogP contribution >= 0.6 is 0 Å². The molecule has 0 saturated carbocycles. The lowest BCUT2D eigenvalue weighted by Gasteiger charge is -2.16. The van der Waals surface area contributed by atoms with Crippen molar-refractivity contribution >= 4 is 5.82 Å². The Bertz CT molecular complexity index is 1040. The zero-order chi connectivity index (χ0) is 21.9. The van der Waals surface area contributed by atoms with Crippen molar-refractivity contribution in [2.45, 2.75) is 33.6 Å². The van der Waals surface area contributed by atoms with Gasteiger partial charge in [-0.2, -0.15) is 13.2 Å². The summed E-state index contributed by atoms with van der Waals surface area (Å²) in [5, 5.41) is 0. The van der Waals surface area contributed by atoms with Crippen molar-refractivity contribution < 1.29 is 22.6 Å². The van der Waals surface area contributed by atoms with E-state index in [1.165, 1.54) is 6.20 Å². The van der Waals surface area contributed by atoms with E-state index in [2.05, 4.69) is 19.9 Å². The van der Waals surface area contributed by atoms with Crippen LogP contribution in [0.5, 0.6) is 11.6 Å². The van der Waals surface area contributed by atoms with Crippen molar-refractivity contribution in [3.8, 4) is 22.9 Å². The number of alkyl halides is 3. The summed E-state index contributed by atoms with van der Waals surface area (Å²) < 4.78 is 48.3. The van der Waals surface area contributed by atoms with E-state index in [1.807, 2.05) is 0 Å². The summed E-state index contributed by atoms with van der Waals surface area (Å²) in [7, 11) is 0. The maximum Gasteiger partial charge on any atom is 0.422 e. The number of hydrogen-bond donors (Lipinski definition) is 1. The van der Waals surface area contributed by atoms with Crippen LogP contribution in [0.15, 0.2) is 30.7 Å². The van der Waals surface area contributed by atoms with Crippen molar-refractivity contribution in [1.82, 2.24) is 19.9 Å². The average Bonchev–Trinajstić information content (AvgIpc) is 2.68. The molecule has 3 aromatic heterocycles. The Morgan fingerprint density at radius 1 is 1.03 bits per heavy atom. The highest BCUT2D eigenvalue weighted by Gasteiger charge is 2.29. The minimum Gasteiger partial charge on any atom is -0.483 e. The molecule has 7 nitrogen and oxygen atoms in total. The molecule has 158 valence electrons. The van der Waals surface area contributed by atoms with Crippen LogP contribution in [-0.2, 0) is 6.61 Å². The first-order valence-corrected chi connectivity index (χ1v) is 8.97. The highest BCUT2D eigenvalue weighted by molar-refractivity contribution is 5.63. The fourth-order valence-electron chi connectivity index (χ4n) is 2.83. The van der Waals surface area contributed by atoms with E-state index < -0.39 is 12.8 Å². The number of aromatic nitrogens is 4. The topological polar surface area (TPSA) is 96.0 Å². The predicted octanol–water partition coefficient (Wildman–Crippen LogP) is 3.96. The molecular weight excluding hydrogens is 399 g/mol. The highest BCUT2D eigenvalue weighted by Crippen LogP contribution is 2.29. The molecule has 0 saturated heterocycles. The summed E-state index contributed by atoms with van der Waals surface area (Å²) in [5.41, 5.74) is 9.30. The van der Waals surface area contributed by atoms with Crippen molar-refractivity contribution in [3.63, 3.8) is 0 Å².